The Bertz CT molecular complexity index is 1160. The molecule has 0 unspecified atom stereocenters. The number of aromatic hydroxyl groups is 3. The van der Waals surface area contributed by atoms with Crippen LogP contribution in [0.3, 0.4) is 0 Å². The lowest BCUT2D eigenvalue weighted by molar-refractivity contribution is 0.0954. The Balaban J connectivity index is 1.97. The Hall–Kier alpha value is -3.46. The second-order valence-electron chi connectivity index (χ2n) is 7.72. The molecule has 0 aliphatic heterocycles. The first kappa shape index (κ1) is 22.2. The molecule has 0 saturated heterocycles. The molecule has 0 bridgehead atoms. The maximum Gasteiger partial charge on any atom is 0.253 e. The number of phenolic OH excluding ortho intramolecular Hbond substituents is 3. The van der Waals surface area contributed by atoms with Gasteiger partial charge < -0.3 is 25.5 Å². The molecule has 0 atom stereocenters. The van der Waals surface area contributed by atoms with Gasteiger partial charge in [-0.25, -0.2) is 9.97 Å². The third-order valence-corrected chi connectivity index (χ3v) is 5.18. The number of nitrogens with zero attached hydrogens (tertiary/aromatic N) is 3. The van der Waals surface area contributed by atoms with Crippen molar-refractivity contribution in [2.24, 2.45) is 0 Å². The number of aldehydes is 1. The summed E-state index contributed by atoms with van der Waals surface area (Å²) < 4.78 is 0. The van der Waals surface area contributed by atoms with Crippen molar-refractivity contribution in [3.05, 3.63) is 28.8 Å². The molecule has 2 aromatic carbocycles. The predicted octanol–water partition coefficient (Wildman–Crippen LogP) is 2.48. The standard InChI is InChI=1S/C22H26N4O5/c1-12-20(29)14(11-27)17-19(21(12)30)25-16-13(7-8-15(28)18(16)24-17)22(31)23-9-5-4-6-10-26(2)3/h7-8,11,28-30H,4-6,9-10H2,1-3H3,(H,23,31). The highest BCUT2D eigenvalue weighted by atomic mass is 16.3. The molecule has 0 aliphatic carbocycles. The number of aromatic nitrogens is 2. The predicted molar refractivity (Wildman–Crippen MR) is 117 cm³/mol. The molecule has 4 N–H and O–H groups in total. The van der Waals surface area contributed by atoms with Crippen molar-refractivity contribution in [2.75, 3.05) is 27.2 Å². The van der Waals surface area contributed by atoms with Gasteiger partial charge in [0.2, 0.25) is 0 Å². The number of hydrogen-bond acceptors (Lipinski definition) is 8. The smallest absolute Gasteiger partial charge is 0.253 e. The zero-order valence-corrected chi connectivity index (χ0v) is 17.8. The highest BCUT2D eigenvalue weighted by molar-refractivity contribution is 6.09. The van der Waals surface area contributed by atoms with E-state index in [1.807, 2.05) is 14.1 Å². The van der Waals surface area contributed by atoms with Gasteiger partial charge in [-0.2, -0.15) is 0 Å². The lowest BCUT2D eigenvalue weighted by Crippen LogP contribution is -2.25. The van der Waals surface area contributed by atoms with E-state index < -0.39 is 5.75 Å². The van der Waals surface area contributed by atoms with Crippen LogP contribution in [0, 0.1) is 6.92 Å². The summed E-state index contributed by atoms with van der Waals surface area (Å²) in [4.78, 5) is 34.9. The van der Waals surface area contributed by atoms with Crippen molar-refractivity contribution < 1.29 is 24.9 Å². The molecule has 164 valence electrons. The minimum Gasteiger partial charge on any atom is -0.507 e. The molecule has 31 heavy (non-hydrogen) atoms. The lowest BCUT2D eigenvalue weighted by atomic mass is 10.0. The van der Waals surface area contributed by atoms with Crippen molar-refractivity contribution >= 4 is 34.3 Å². The van der Waals surface area contributed by atoms with E-state index in [9.17, 15) is 24.9 Å². The molecule has 1 heterocycles. The average molecular weight is 426 g/mol. The minimum atomic E-state index is -0.406. The number of hydrogen-bond donors (Lipinski definition) is 4. The summed E-state index contributed by atoms with van der Waals surface area (Å²) in [6, 6.07) is 2.76. The second-order valence-corrected chi connectivity index (χ2v) is 7.72. The van der Waals surface area contributed by atoms with Crippen LogP contribution in [0.2, 0.25) is 0 Å². The Morgan fingerprint density at radius 2 is 1.71 bits per heavy atom. The van der Waals surface area contributed by atoms with Crippen LogP contribution >= 0.6 is 0 Å². The number of carbonyl (C=O) groups excluding carboxylic acids is 2. The van der Waals surface area contributed by atoms with Gasteiger partial charge in [0.15, 0.2) is 6.29 Å². The van der Waals surface area contributed by atoms with Gasteiger partial charge in [0.05, 0.1) is 11.1 Å². The van der Waals surface area contributed by atoms with Crippen LogP contribution in [-0.4, -0.2) is 69.6 Å². The molecule has 0 spiro atoms. The Labute approximate surface area is 179 Å². The van der Waals surface area contributed by atoms with Gasteiger partial charge in [-0.3, -0.25) is 9.59 Å². The molecule has 0 fully saturated rings. The molecule has 1 aromatic heterocycles. The van der Waals surface area contributed by atoms with E-state index in [-0.39, 0.29) is 56.2 Å². The number of amides is 1. The molecule has 1 amide bonds. The van der Waals surface area contributed by atoms with Crippen molar-refractivity contribution in [1.82, 2.24) is 20.2 Å². The molecular weight excluding hydrogens is 400 g/mol. The summed E-state index contributed by atoms with van der Waals surface area (Å²) >= 11 is 0. The van der Waals surface area contributed by atoms with E-state index in [0.717, 1.165) is 25.8 Å². The fourth-order valence-electron chi connectivity index (χ4n) is 3.40. The van der Waals surface area contributed by atoms with Gasteiger partial charge in [0, 0.05) is 12.1 Å². The first-order valence-electron chi connectivity index (χ1n) is 10.0. The van der Waals surface area contributed by atoms with Gasteiger partial charge >= 0.3 is 0 Å². The zero-order chi connectivity index (χ0) is 22.7. The quantitative estimate of drug-likeness (QED) is 0.245. The first-order chi connectivity index (χ1) is 14.8. The Morgan fingerprint density at radius 1 is 1.00 bits per heavy atom. The summed E-state index contributed by atoms with van der Waals surface area (Å²) in [5.41, 5.74) is 0.115. The third-order valence-electron chi connectivity index (χ3n) is 5.18. The molecule has 0 radical (unpaired) electrons. The van der Waals surface area contributed by atoms with Crippen molar-refractivity contribution in [3.63, 3.8) is 0 Å². The van der Waals surface area contributed by atoms with Crippen LogP contribution in [0.15, 0.2) is 12.1 Å². The number of benzene rings is 2. The topological polar surface area (TPSA) is 136 Å². The SMILES string of the molecule is Cc1c(O)c(C=O)c2nc3c(O)ccc(C(=O)NCCCCCN(C)C)c3nc2c1O. The monoisotopic (exact) mass is 426 g/mol. The molecule has 0 aliphatic rings. The maximum atomic E-state index is 12.7. The number of fused-ring (bicyclic) bond motifs is 2. The minimum absolute atomic E-state index is 0.00288. The van der Waals surface area contributed by atoms with Crippen LogP contribution in [0.25, 0.3) is 22.1 Å². The Morgan fingerprint density at radius 3 is 2.39 bits per heavy atom. The maximum absolute atomic E-state index is 12.7. The van der Waals surface area contributed by atoms with E-state index in [2.05, 4.69) is 20.2 Å². The summed E-state index contributed by atoms with van der Waals surface area (Å²) in [6.07, 6.45) is 3.25. The largest absolute Gasteiger partial charge is 0.507 e. The molecule has 0 saturated carbocycles. The summed E-state index contributed by atoms with van der Waals surface area (Å²) in [5.74, 6) is -1.36. The normalized spacial score (nSPS) is 11.4. The first-order valence-corrected chi connectivity index (χ1v) is 10.0. The van der Waals surface area contributed by atoms with Crippen molar-refractivity contribution in [1.29, 1.82) is 0 Å². The van der Waals surface area contributed by atoms with Gasteiger partial charge in [-0.05, 0) is 52.5 Å². The van der Waals surface area contributed by atoms with E-state index in [0.29, 0.717) is 12.8 Å². The molecule has 9 heteroatoms. The number of carbonyl (C=O) groups is 2. The highest BCUT2D eigenvalue weighted by Crippen LogP contribution is 2.38. The van der Waals surface area contributed by atoms with E-state index >= 15 is 0 Å². The second kappa shape index (κ2) is 9.13. The van der Waals surface area contributed by atoms with Crippen LogP contribution in [0.5, 0.6) is 17.2 Å². The van der Waals surface area contributed by atoms with Crippen LogP contribution in [0.4, 0.5) is 0 Å². The number of phenols is 3. The van der Waals surface area contributed by atoms with Gasteiger partial charge in [-0.15, -0.1) is 0 Å². The van der Waals surface area contributed by atoms with E-state index in [1.165, 1.54) is 19.1 Å². The van der Waals surface area contributed by atoms with Gasteiger partial charge in [0.1, 0.15) is 39.3 Å². The molecule has 9 nitrogen and oxygen atoms in total. The average Bonchev–Trinajstić information content (AvgIpc) is 2.74. The van der Waals surface area contributed by atoms with Crippen LogP contribution in [-0.2, 0) is 0 Å². The Kier molecular flexibility index (Phi) is 6.55. The number of rotatable bonds is 8. The van der Waals surface area contributed by atoms with Gasteiger partial charge in [0.25, 0.3) is 5.91 Å². The number of unbranched alkanes of at least 4 members (excludes halogenated alkanes) is 2. The molecular formula is C22H26N4O5. The summed E-state index contributed by atoms with van der Waals surface area (Å²) in [6.45, 7) is 2.92. The van der Waals surface area contributed by atoms with E-state index in [1.54, 1.807) is 0 Å². The van der Waals surface area contributed by atoms with Gasteiger partial charge in [-0.1, -0.05) is 6.42 Å². The summed E-state index contributed by atoms with van der Waals surface area (Å²) in [5, 5.41) is 33.7. The molecule has 3 rings (SSSR count). The fraction of sp³-hybridized carbons (Fsp3) is 0.364. The van der Waals surface area contributed by atoms with Crippen molar-refractivity contribution in [2.45, 2.75) is 26.2 Å². The number of nitrogens with one attached hydrogen (secondary N) is 1. The fourth-order valence-corrected chi connectivity index (χ4v) is 3.40. The summed E-state index contributed by atoms with van der Waals surface area (Å²) in [7, 11) is 4.03. The highest BCUT2D eigenvalue weighted by Gasteiger charge is 2.22. The van der Waals surface area contributed by atoms with Crippen molar-refractivity contribution in [3.8, 4) is 17.2 Å². The van der Waals surface area contributed by atoms with Crippen LogP contribution < -0.4 is 5.32 Å². The zero-order valence-electron chi connectivity index (χ0n) is 17.8. The molecule has 3 aromatic rings. The van der Waals surface area contributed by atoms with Crippen LogP contribution in [0.1, 0.15) is 45.5 Å². The third kappa shape index (κ3) is 4.36. The van der Waals surface area contributed by atoms with E-state index in [4.69, 9.17) is 0 Å². The lowest BCUT2D eigenvalue weighted by Gasteiger charge is -2.13.